The molecule has 15 N–H and O–H groups in total. The van der Waals surface area contributed by atoms with Crippen LogP contribution in [0.15, 0.2) is 48.5 Å². The number of aromatic hydroxyl groups is 2. The molecule has 3 aromatic carbocycles. The number of ether oxygens (including phenoxy) is 1. The fourth-order valence-electron chi connectivity index (χ4n) is 6.18. The standard InChI is InChI=1S/C42H59N9O9/c1-25-20-28(23-33(38(25)55)48-37(54)12-4-3-7-17-43)41(58)49-29(10-5-8-18-44)35(53)24-47-31-22-27(13-15-34(31)52)40(57)50-30(11-6-9-19-45)42(59)51-32-21-26(39(46)56)14-16-36(32)60-2/h13-16,20-23,29-30,47,52,55H,3-12,17-19,24,43-45H2,1-2H3,(H2,46,56)(H,48,54)(H,49,58)(H,50,57)(H,51,59)/t29-,30-/m1/s1. The van der Waals surface area contributed by atoms with Crippen molar-refractivity contribution in [1.82, 2.24) is 10.6 Å². The van der Waals surface area contributed by atoms with Crippen LogP contribution in [0.25, 0.3) is 0 Å². The smallest absolute Gasteiger partial charge is 0.252 e. The molecule has 0 saturated heterocycles. The Kier molecular flexibility index (Phi) is 19.8. The number of ketones is 1. The van der Waals surface area contributed by atoms with Crippen molar-refractivity contribution in [3.63, 3.8) is 0 Å². The highest BCUT2D eigenvalue weighted by Crippen LogP contribution is 2.30. The van der Waals surface area contributed by atoms with Gasteiger partial charge in [0.2, 0.25) is 17.7 Å². The van der Waals surface area contributed by atoms with Crippen molar-refractivity contribution in [3.8, 4) is 17.2 Å². The SMILES string of the molecule is COc1ccc(C(N)=O)cc1NC(=O)[C@@H](CCCCN)NC(=O)c1ccc(O)c(NCC(=O)[C@@H](CCCCN)NC(=O)c2cc(C)c(O)c(NC(=O)CCCCCN)c2)c1. The van der Waals surface area contributed by atoms with Gasteiger partial charge in [-0.15, -0.1) is 0 Å². The molecule has 0 saturated carbocycles. The highest BCUT2D eigenvalue weighted by molar-refractivity contribution is 6.04. The fraction of sp³-hybridized carbons (Fsp3) is 0.429. The molecule has 0 aliphatic carbocycles. The van der Waals surface area contributed by atoms with Crippen molar-refractivity contribution in [2.45, 2.75) is 83.2 Å². The molecule has 3 rings (SSSR count). The summed E-state index contributed by atoms with van der Waals surface area (Å²) in [7, 11) is 1.39. The molecule has 18 nitrogen and oxygen atoms in total. The molecule has 18 heteroatoms. The van der Waals surface area contributed by atoms with Crippen LogP contribution in [0.3, 0.4) is 0 Å². The number of anilines is 3. The van der Waals surface area contributed by atoms with E-state index < -0.39 is 41.5 Å². The second-order valence-corrected chi connectivity index (χ2v) is 14.3. The van der Waals surface area contributed by atoms with Crippen LogP contribution in [0, 0.1) is 6.92 Å². The number of nitrogens with two attached hydrogens (primary N) is 4. The molecule has 0 aliphatic rings. The van der Waals surface area contributed by atoms with Gasteiger partial charge in [0, 0.05) is 23.1 Å². The van der Waals surface area contributed by atoms with Gasteiger partial charge in [-0.05, 0) is 132 Å². The molecular formula is C42H59N9O9. The molecule has 326 valence electrons. The quantitative estimate of drug-likeness (QED) is 0.0410. The second kappa shape index (κ2) is 24.6. The van der Waals surface area contributed by atoms with E-state index in [1.807, 2.05) is 0 Å². The summed E-state index contributed by atoms with van der Waals surface area (Å²) in [5.41, 5.74) is 23.2. The number of methoxy groups -OCH3 is 1. The Bertz CT molecular complexity index is 1970. The number of Topliss-reactive ketones (excluding diaryl/α,β-unsaturated/α-hetero) is 1. The van der Waals surface area contributed by atoms with Crippen molar-refractivity contribution >= 4 is 52.4 Å². The molecule has 3 aromatic rings. The van der Waals surface area contributed by atoms with E-state index in [1.54, 1.807) is 6.92 Å². The minimum Gasteiger partial charge on any atom is -0.506 e. The summed E-state index contributed by atoms with van der Waals surface area (Å²) in [5, 5.41) is 35.0. The van der Waals surface area contributed by atoms with E-state index in [-0.39, 0.29) is 82.7 Å². The molecule has 0 radical (unpaired) electrons. The third-order valence-electron chi connectivity index (χ3n) is 9.61. The monoisotopic (exact) mass is 833 g/mol. The van der Waals surface area contributed by atoms with E-state index in [1.165, 1.54) is 55.6 Å². The van der Waals surface area contributed by atoms with Gasteiger partial charge in [-0.3, -0.25) is 28.8 Å². The Morgan fingerprint density at radius 1 is 0.667 bits per heavy atom. The fourth-order valence-corrected chi connectivity index (χ4v) is 6.18. The topological polar surface area (TPSA) is 316 Å². The molecule has 2 atom stereocenters. The third-order valence-corrected chi connectivity index (χ3v) is 9.61. The highest BCUT2D eigenvalue weighted by Gasteiger charge is 2.25. The molecule has 0 unspecified atom stereocenters. The van der Waals surface area contributed by atoms with Crippen LogP contribution in [0.1, 0.15) is 101 Å². The highest BCUT2D eigenvalue weighted by atomic mass is 16.5. The van der Waals surface area contributed by atoms with Crippen LogP contribution in [-0.2, 0) is 14.4 Å². The van der Waals surface area contributed by atoms with Crippen molar-refractivity contribution in [3.05, 3.63) is 70.8 Å². The van der Waals surface area contributed by atoms with E-state index >= 15 is 0 Å². The molecular weight excluding hydrogens is 775 g/mol. The number of primary amides is 1. The van der Waals surface area contributed by atoms with E-state index in [9.17, 15) is 39.0 Å². The lowest BCUT2D eigenvalue weighted by Gasteiger charge is -2.21. The number of amides is 5. The number of nitrogens with one attached hydrogen (secondary N) is 5. The largest absolute Gasteiger partial charge is 0.506 e. The molecule has 60 heavy (non-hydrogen) atoms. The van der Waals surface area contributed by atoms with Gasteiger partial charge in [-0.2, -0.15) is 0 Å². The number of aryl methyl sites for hydroxylation is 1. The van der Waals surface area contributed by atoms with E-state index in [0.29, 0.717) is 57.3 Å². The number of phenolic OH excluding ortho intramolecular Hbond substituents is 2. The summed E-state index contributed by atoms with van der Waals surface area (Å²) in [5.74, 6) is -3.54. The van der Waals surface area contributed by atoms with E-state index in [2.05, 4.69) is 26.6 Å². The van der Waals surface area contributed by atoms with Gasteiger partial charge in [0.05, 0.1) is 36.8 Å². The van der Waals surface area contributed by atoms with Gasteiger partial charge in [-0.25, -0.2) is 0 Å². The number of carbonyl (C=O) groups is 6. The summed E-state index contributed by atoms with van der Waals surface area (Å²) in [6.07, 6.45) is 5.03. The zero-order valence-electron chi connectivity index (χ0n) is 34.2. The Morgan fingerprint density at radius 2 is 1.25 bits per heavy atom. The average molecular weight is 834 g/mol. The molecule has 5 amide bonds. The average Bonchev–Trinajstić information content (AvgIpc) is 3.22. The number of benzene rings is 3. The third kappa shape index (κ3) is 14.9. The summed E-state index contributed by atoms with van der Waals surface area (Å²) in [6.45, 7) is 2.49. The normalized spacial score (nSPS) is 11.8. The lowest BCUT2D eigenvalue weighted by atomic mass is 10.0. The number of unbranched alkanes of at least 4 members (excludes halogenated alkanes) is 4. The first-order valence-electron chi connectivity index (χ1n) is 20.0. The maximum Gasteiger partial charge on any atom is 0.252 e. The van der Waals surface area contributed by atoms with Crippen LogP contribution in [0.5, 0.6) is 17.2 Å². The molecule has 0 aromatic heterocycles. The minimum atomic E-state index is -1.05. The van der Waals surface area contributed by atoms with Crippen molar-refractivity contribution in [1.29, 1.82) is 0 Å². The first-order valence-corrected chi connectivity index (χ1v) is 20.0. The van der Waals surface area contributed by atoms with Gasteiger partial charge in [0.25, 0.3) is 11.8 Å². The maximum absolute atomic E-state index is 13.6. The molecule has 0 fully saturated rings. The van der Waals surface area contributed by atoms with E-state index in [4.69, 9.17) is 27.7 Å². The number of carbonyl (C=O) groups excluding carboxylic acids is 6. The second-order valence-electron chi connectivity index (χ2n) is 14.3. The Hall–Kier alpha value is -6.24. The van der Waals surface area contributed by atoms with Gasteiger partial charge in [-0.1, -0.05) is 6.42 Å². The van der Waals surface area contributed by atoms with Gasteiger partial charge in [0.1, 0.15) is 23.3 Å². The number of rotatable bonds is 26. The Morgan fingerprint density at radius 3 is 1.90 bits per heavy atom. The maximum atomic E-state index is 13.6. The lowest BCUT2D eigenvalue weighted by Crippen LogP contribution is -2.44. The van der Waals surface area contributed by atoms with E-state index in [0.717, 1.165) is 12.8 Å². The van der Waals surface area contributed by atoms with Crippen LogP contribution in [0.4, 0.5) is 17.1 Å². The van der Waals surface area contributed by atoms with Crippen LogP contribution >= 0.6 is 0 Å². The summed E-state index contributed by atoms with van der Waals surface area (Å²) >= 11 is 0. The van der Waals surface area contributed by atoms with Crippen LogP contribution < -0.4 is 54.3 Å². The van der Waals surface area contributed by atoms with Gasteiger partial charge < -0.3 is 64.5 Å². The Balaban J connectivity index is 1.75. The number of hydrogen-bond donors (Lipinski definition) is 11. The van der Waals surface area contributed by atoms with Crippen molar-refractivity contribution < 1.29 is 43.7 Å². The van der Waals surface area contributed by atoms with Gasteiger partial charge in [0.15, 0.2) is 5.78 Å². The molecule has 0 heterocycles. The van der Waals surface area contributed by atoms with Gasteiger partial charge >= 0.3 is 0 Å². The lowest BCUT2D eigenvalue weighted by molar-refractivity contribution is -0.119. The van der Waals surface area contributed by atoms with Crippen LogP contribution in [0.2, 0.25) is 0 Å². The number of phenols is 2. The van der Waals surface area contributed by atoms with Crippen molar-refractivity contribution in [2.75, 3.05) is 49.2 Å². The first kappa shape index (κ1) is 48.1. The predicted molar refractivity (Wildman–Crippen MR) is 229 cm³/mol. The summed E-state index contributed by atoms with van der Waals surface area (Å²) in [4.78, 5) is 78.5. The number of hydrogen-bond acceptors (Lipinski definition) is 13. The summed E-state index contributed by atoms with van der Waals surface area (Å²) < 4.78 is 5.32. The summed E-state index contributed by atoms with van der Waals surface area (Å²) in [6, 6.07) is 8.97. The zero-order valence-corrected chi connectivity index (χ0v) is 34.2. The minimum absolute atomic E-state index is 0.0396. The Labute approximate surface area is 349 Å². The first-order chi connectivity index (χ1) is 28.7. The predicted octanol–water partition coefficient (Wildman–Crippen LogP) is 2.75. The molecule has 0 spiro atoms. The molecule has 0 aliphatic heterocycles. The molecule has 0 bridgehead atoms. The zero-order chi connectivity index (χ0) is 44.2. The van der Waals surface area contributed by atoms with Crippen LogP contribution in [-0.4, -0.2) is 90.9 Å². The van der Waals surface area contributed by atoms with Crippen molar-refractivity contribution in [2.24, 2.45) is 22.9 Å².